The Balaban J connectivity index is 2.74. The normalized spacial score (nSPS) is 19.5. The number of aliphatic hydroxyl groups is 3. The smallest absolute Gasteiger partial charge is 0.303 e. The van der Waals surface area contributed by atoms with Gasteiger partial charge < -0.3 is 40.5 Å². The molecule has 0 radical (unpaired) electrons. The second-order valence-electron chi connectivity index (χ2n) is 16.3. The third-order valence-electron chi connectivity index (χ3n) is 11.1. The highest BCUT2D eigenvalue weighted by molar-refractivity contribution is 5.88. The molecule has 1 rings (SSSR count). The molecular formula is C44H84N2O9. The van der Waals surface area contributed by atoms with E-state index in [2.05, 4.69) is 24.5 Å². The standard InChI is InChI=1S/C44H84N2O9/c1-4-6-8-10-12-14-16-18-20-22-24-26-30-36(31-27-25-23-21-19-17-15-13-11-9-7-5-2)42(52)46-37(43(53)45-33-29-28-32-38(48)49)34-54-44-40(51)39(50)41(55-44)35(3)47/h35-37,39-41,44,47,50-51H,4-34H2,1-3H3,(H,45,53)(H,46,52)(H,48,49)/t35-,37-,39-,40-,41+,44+/m0/s1. The first-order valence-corrected chi connectivity index (χ1v) is 22.7. The number of ether oxygens (including phenoxy) is 2. The minimum atomic E-state index is -1.43. The summed E-state index contributed by atoms with van der Waals surface area (Å²) in [5.41, 5.74) is 0. The molecule has 1 fully saturated rings. The van der Waals surface area contributed by atoms with Crippen LogP contribution in [0.15, 0.2) is 0 Å². The summed E-state index contributed by atoms with van der Waals surface area (Å²) in [6.07, 6.45) is 26.1. The molecule has 0 unspecified atom stereocenters. The lowest BCUT2D eigenvalue weighted by atomic mass is 9.93. The van der Waals surface area contributed by atoms with Gasteiger partial charge >= 0.3 is 5.97 Å². The van der Waals surface area contributed by atoms with Crippen LogP contribution in [0.5, 0.6) is 0 Å². The van der Waals surface area contributed by atoms with Crippen LogP contribution in [0.25, 0.3) is 0 Å². The van der Waals surface area contributed by atoms with E-state index in [1.165, 1.54) is 122 Å². The SMILES string of the molecule is CCCCCCCCCCCCCCC(CCCCCCCCCCCCCC)C(=O)N[C@@H](CO[C@@H]1O[C@H]([C@H](C)O)[C@@H](O)[C@@H]1O)C(=O)NCCCCC(=O)O. The molecule has 1 saturated heterocycles. The summed E-state index contributed by atoms with van der Waals surface area (Å²) < 4.78 is 11.3. The molecule has 55 heavy (non-hydrogen) atoms. The number of aliphatic hydroxyl groups excluding tert-OH is 3. The maximum atomic E-state index is 13.9. The van der Waals surface area contributed by atoms with Gasteiger partial charge in [0.1, 0.15) is 24.4 Å². The number of carboxylic acids is 1. The molecule has 1 heterocycles. The zero-order chi connectivity index (χ0) is 40.5. The summed E-state index contributed by atoms with van der Waals surface area (Å²) in [5.74, 6) is -1.81. The fourth-order valence-electron chi connectivity index (χ4n) is 7.48. The monoisotopic (exact) mass is 785 g/mol. The highest BCUT2D eigenvalue weighted by atomic mass is 16.7. The Labute approximate surface area is 334 Å². The first kappa shape index (κ1) is 51.2. The van der Waals surface area contributed by atoms with E-state index in [4.69, 9.17) is 14.6 Å². The van der Waals surface area contributed by atoms with E-state index >= 15 is 0 Å². The van der Waals surface area contributed by atoms with Gasteiger partial charge in [-0.15, -0.1) is 0 Å². The van der Waals surface area contributed by atoms with Crippen molar-refractivity contribution in [1.29, 1.82) is 0 Å². The number of carbonyl (C=O) groups excluding carboxylic acids is 2. The molecule has 6 N–H and O–H groups in total. The fraction of sp³-hybridized carbons (Fsp3) is 0.932. The van der Waals surface area contributed by atoms with E-state index in [1.807, 2.05) is 0 Å². The van der Waals surface area contributed by atoms with Crippen molar-refractivity contribution in [2.24, 2.45) is 5.92 Å². The van der Waals surface area contributed by atoms with Gasteiger partial charge in [-0.1, -0.05) is 168 Å². The molecule has 11 heteroatoms. The zero-order valence-electron chi connectivity index (χ0n) is 35.3. The van der Waals surface area contributed by atoms with Gasteiger partial charge in [-0.3, -0.25) is 14.4 Å². The molecule has 0 aliphatic carbocycles. The molecule has 0 bridgehead atoms. The number of rotatable bonds is 38. The van der Waals surface area contributed by atoms with Crippen LogP contribution >= 0.6 is 0 Å². The Hall–Kier alpha value is -1.79. The highest BCUT2D eigenvalue weighted by Crippen LogP contribution is 2.25. The van der Waals surface area contributed by atoms with Crippen molar-refractivity contribution in [2.75, 3.05) is 13.2 Å². The van der Waals surface area contributed by atoms with Crippen molar-refractivity contribution in [3.8, 4) is 0 Å². The average Bonchev–Trinajstić information content (AvgIpc) is 3.45. The van der Waals surface area contributed by atoms with Crippen molar-refractivity contribution in [3.05, 3.63) is 0 Å². The molecule has 1 aliphatic heterocycles. The second kappa shape index (κ2) is 34.3. The van der Waals surface area contributed by atoms with E-state index in [0.717, 1.165) is 51.4 Å². The van der Waals surface area contributed by atoms with Crippen LogP contribution in [0.1, 0.15) is 207 Å². The van der Waals surface area contributed by atoms with Crippen LogP contribution in [0.3, 0.4) is 0 Å². The highest BCUT2D eigenvalue weighted by Gasteiger charge is 2.46. The van der Waals surface area contributed by atoms with Gasteiger partial charge in [-0.2, -0.15) is 0 Å². The number of hydrogen-bond acceptors (Lipinski definition) is 8. The van der Waals surface area contributed by atoms with Gasteiger partial charge in [-0.05, 0) is 32.6 Å². The van der Waals surface area contributed by atoms with Gasteiger partial charge in [0.2, 0.25) is 11.8 Å². The Bertz CT molecular complexity index is 924. The maximum absolute atomic E-state index is 13.9. The van der Waals surface area contributed by atoms with Gasteiger partial charge in [-0.25, -0.2) is 0 Å². The van der Waals surface area contributed by atoms with Gasteiger partial charge in [0.25, 0.3) is 0 Å². The average molecular weight is 785 g/mol. The summed E-state index contributed by atoms with van der Waals surface area (Å²) in [6.45, 7) is 5.87. The van der Waals surface area contributed by atoms with Crippen LogP contribution < -0.4 is 10.6 Å². The Morgan fingerprint density at radius 2 is 1.05 bits per heavy atom. The third kappa shape index (κ3) is 26.0. The quantitative estimate of drug-likeness (QED) is 0.0336. The first-order chi connectivity index (χ1) is 26.6. The van der Waals surface area contributed by atoms with Crippen molar-refractivity contribution in [2.45, 2.75) is 244 Å². The van der Waals surface area contributed by atoms with Gasteiger partial charge in [0.15, 0.2) is 6.29 Å². The maximum Gasteiger partial charge on any atom is 0.303 e. The summed E-state index contributed by atoms with van der Waals surface area (Å²) >= 11 is 0. The van der Waals surface area contributed by atoms with E-state index in [1.54, 1.807) is 0 Å². The Kier molecular flexibility index (Phi) is 31.9. The predicted octanol–water partition coefficient (Wildman–Crippen LogP) is 8.49. The minimum absolute atomic E-state index is 0.00273. The van der Waals surface area contributed by atoms with Crippen LogP contribution in [0, 0.1) is 5.92 Å². The molecule has 1 aliphatic rings. The van der Waals surface area contributed by atoms with Crippen molar-refractivity contribution in [3.63, 3.8) is 0 Å². The number of unbranched alkanes of at least 4 members (excludes halogenated alkanes) is 23. The minimum Gasteiger partial charge on any atom is -0.481 e. The van der Waals surface area contributed by atoms with Crippen LogP contribution in [0.2, 0.25) is 0 Å². The topological polar surface area (TPSA) is 175 Å². The van der Waals surface area contributed by atoms with Crippen LogP contribution in [-0.4, -0.2) is 88.1 Å². The molecule has 0 aromatic carbocycles. The number of nitrogens with one attached hydrogen (secondary N) is 2. The molecular weight excluding hydrogens is 700 g/mol. The summed E-state index contributed by atoms with van der Waals surface area (Å²) in [5, 5.41) is 45.4. The Morgan fingerprint density at radius 1 is 0.618 bits per heavy atom. The summed E-state index contributed by atoms with van der Waals surface area (Å²) in [7, 11) is 0. The number of carboxylic acid groups (broad SMARTS) is 1. The predicted molar refractivity (Wildman–Crippen MR) is 220 cm³/mol. The van der Waals surface area contributed by atoms with E-state index < -0.39 is 48.6 Å². The lowest BCUT2D eigenvalue weighted by molar-refractivity contribution is -0.181. The molecule has 0 aromatic heterocycles. The Morgan fingerprint density at radius 3 is 1.45 bits per heavy atom. The van der Waals surface area contributed by atoms with E-state index in [-0.39, 0.29) is 31.4 Å². The van der Waals surface area contributed by atoms with E-state index in [9.17, 15) is 29.7 Å². The summed E-state index contributed by atoms with van der Waals surface area (Å²) in [4.78, 5) is 38.1. The zero-order valence-corrected chi connectivity index (χ0v) is 35.3. The summed E-state index contributed by atoms with van der Waals surface area (Å²) in [6, 6.07) is -1.09. The fourth-order valence-corrected chi connectivity index (χ4v) is 7.48. The molecule has 2 amide bonds. The molecule has 0 aromatic rings. The van der Waals surface area contributed by atoms with Crippen molar-refractivity contribution in [1.82, 2.24) is 10.6 Å². The number of carbonyl (C=O) groups is 3. The number of amides is 2. The largest absolute Gasteiger partial charge is 0.481 e. The van der Waals surface area contributed by atoms with Gasteiger partial charge in [0, 0.05) is 18.9 Å². The third-order valence-corrected chi connectivity index (χ3v) is 11.1. The van der Waals surface area contributed by atoms with Crippen LogP contribution in [-0.2, 0) is 23.9 Å². The number of hydrogen-bond donors (Lipinski definition) is 6. The number of aliphatic carboxylic acids is 1. The molecule has 0 spiro atoms. The first-order valence-electron chi connectivity index (χ1n) is 22.7. The second-order valence-corrected chi connectivity index (χ2v) is 16.3. The lowest BCUT2D eigenvalue weighted by Gasteiger charge is -2.24. The molecule has 324 valence electrons. The van der Waals surface area contributed by atoms with Crippen molar-refractivity contribution >= 4 is 17.8 Å². The van der Waals surface area contributed by atoms with Crippen molar-refractivity contribution < 1.29 is 44.3 Å². The molecule has 0 saturated carbocycles. The van der Waals surface area contributed by atoms with Gasteiger partial charge in [0.05, 0.1) is 12.7 Å². The van der Waals surface area contributed by atoms with Crippen LogP contribution in [0.4, 0.5) is 0 Å². The molecule has 11 nitrogen and oxygen atoms in total. The molecule has 6 atom stereocenters. The van der Waals surface area contributed by atoms with E-state index in [0.29, 0.717) is 12.8 Å². The lowest BCUT2D eigenvalue weighted by Crippen LogP contribution is -2.52.